The molecule has 0 atom stereocenters. The molecule has 6 nitrogen and oxygen atoms in total. The first-order chi connectivity index (χ1) is 15.0. The summed E-state index contributed by atoms with van der Waals surface area (Å²) in [5, 5.41) is 7.25. The first-order valence-corrected chi connectivity index (χ1v) is 11.2. The summed E-state index contributed by atoms with van der Waals surface area (Å²) in [7, 11) is 0. The summed E-state index contributed by atoms with van der Waals surface area (Å²) in [4.78, 5) is 29.7. The number of aromatic nitrogens is 1. The predicted molar refractivity (Wildman–Crippen MR) is 121 cm³/mol. The molecule has 0 unspecified atom stereocenters. The Bertz CT molecular complexity index is 1080. The summed E-state index contributed by atoms with van der Waals surface area (Å²) in [6.45, 7) is 2.46. The SMILES string of the molecule is Cc1nc(COc2ccc(Cl)cc2)sc1C(=O)NCc1ccc(C(=O)NC2CC2)cc1. The fourth-order valence-electron chi connectivity index (χ4n) is 2.93. The second kappa shape index (κ2) is 9.49. The van der Waals surface area contributed by atoms with Crippen molar-refractivity contribution in [1.29, 1.82) is 0 Å². The van der Waals surface area contributed by atoms with Gasteiger partial charge < -0.3 is 15.4 Å². The lowest BCUT2D eigenvalue weighted by Gasteiger charge is -2.06. The number of rotatable bonds is 8. The molecule has 0 spiro atoms. The van der Waals surface area contributed by atoms with Gasteiger partial charge in [0.15, 0.2) is 0 Å². The Kier molecular flexibility index (Phi) is 6.53. The minimum Gasteiger partial charge on any atom is -0.486 e. The van der Waals surface area contributed by atoms with Crippen molar-refractivity contribution in [3.05, 3.63) is 80.3 Å². The summed E-state index contributed by atoms with van der Waals surface area (Å²) in [6.07, 6.45) is 2.11. The number of carbonyl (C=O) groups is 2. The van der Waals surface area contributed by atoms with Gasteiger partial charge in [0, 0.05) is 23.2 Å². The van der Waals surface area contributed by atoms with Gasteiger partial charge in [-0.25, -0.2) is 4.98 Å². The first kappa shape index (κ1) is 21.3. The van der Waals surface area contributed by atoms with Gasteiger partial charge in [-0.3, -0.25) is 9.59 Å². The van der Waals surface area contributed by atoms with E-state index >= 15 is 0 Å². The molecule has 2 amide bonds. The highest BCUT2D eigenvalue weighted by atomic mass is 35.5. The molecule has 2 aromatic carbocycles. The average molecular weight is 456 g/mol. The van der Waals surface area contributed by atoms with E-state index in [2.05, 4.69) is 15.6 Å². The van der Waals surface area contributed by atoms with Crippen LogP contribution in [-0.2, 0) is 13.2 Å². The molecule has 160 valence electrons. The summed E-state index contributed by atoms with van der Waals surface area (Å²) in [5.74, 6) is 0.465. The van der Waals surface area contributed by atoms with E-state index in [1.807, 2.05) is 19.1 Å². The Morgan fingerprint density at radius 2 is 1.81 bits per heavy atom. The molecular formula is C23H22ClN3O3S. The van der Waals surface area contributed by atoms with Crippen molar-refractivity contribution in [3.63, 3.8) is 0 Å². The quantitative estimate of drug-likeness (QED) is 0.523. The molecular weight excluding hydrogens is 434 g/mol. The largest absolute Gasteiger partial charge is 0.486 e. The van der Waals surface area contributed by atoms with Crippen LogP contribution in [0.5, 0.6) is 5.75 Å². The molecule has 0 aliphatic heterocycles. The molecule has 0 bridgehead atoms. The van der Waals surface area contributed by atoms with Crippen LogP contribution in [0.25, 0.3) is 0 Å². The normalized spacial score (nSPS) is 13.0. The summed E-state index contributed by atoms with van der Waals surface area (Å²) in [5.41, 5.74) is 2.22. The van der Waals surface area contributed by atoms with Crippen LogP contribution in [0.4, 0.5) is 0 Å². The van der Waals surface area contributed by atoms with E-state index in [4.69, 9.17) is 16.3 Å². The van der Waals surface area contributed by atoms with E-state index in [9.17, 15) is 9.59 Å². The van der Waals surface area contributed by atoms with Crippen molar-refractivity contribution in [2.24, 2.45) is 0 Å². The number of nitrogens with zero attached hydrogens (tertiary/aromatic N) is 1. The molecule has 1 saturated carbocycles. The average Bonchev–Trinajstić information content (AvgIpc) is 3.51. The lowest BCUT2D eigenvalue weighted by atomic mass is 10.1. The fourth-order valence-corrected chi connectivity index (χ4v) is 3.95. The summed E-state index contributed by atoms with van der Waals surface area (Å²) in [6, 6.07) is 14.7. The van der Waals surface area contributed by atoms with Crippen LogP contribution in [0, 0.1) is 6.92 Å². The first-order valence-electron chi connectivity index (χ1n) is 10.0. The van der Waals surface area contributed by atoms with Crippen LogP contribution in [0.2, 0.25) is 5.02 Å². The Balaban J connectivity index is 1.30. The Labute approximate surface area is 189 Å². The van der Waals surface area contributed by atoms with Gasteiger partial charge in [0.25, 0.3) is 11.8 Å². The minimum atomic E-state index is -0.178. The molecule has 1 aromatic heterocycles. The molecule has 1 aliphatic carbocycles. The maximum Gasteiger partial charge on any atom is 0.263 e. The zero-order chi connectivity index (χ0) is 21.8. The highest BCUT2D eigenvalue weighted by molar-refractivity contribution is 7.13. The van der Waals surface area contributed by atoms with Gasteiger partial charge in [-0.15, -0.1) is 11.3 Å². The smallest absolute Gasteiger partial charge is 0.263 e. The number of aryl methyl sites for hydroxylation is 1. The van der Waals surface area contributed by atoms with Crippen LogP contribution in [0.1, 0.15) is 49.1 Å². The molecule has 4 rings (SSSR count). The molecule has 0 saturated heterocycles. The molecule has 1 aliphatic rings. The topological polar surface area (TPSA) is 80.3 Å². The minimum absolute atomic E-state index is 0.0493. The van der Waals surface area contributed by atoms with Crippen molar-refractivity contribution < 1.29 is 14.3 Å². The van der Waals surface area contributed by atoms with E-state index < -0.39 is 0 Å². The highest BCUT2D eigenvalue weighted by Crippen LogP contribution is 2.22. The van der Waals surface area contributed by atoms with Gasteiger partial charge >= 0.3 is 0 Å². The highest BCUT2D eigenvalue weighted by Gasteiger charge is 2.23. The Hall–Kier alpha value is -2.90. The number of carbonyl (C=O) groups excluding carboxylic acids is 2. The lowest BCUT2D eigenvalue weighted by molar-refractivity contribution is 0.0943. The third kappa shape index (κ3) is 5.83. The van der Waals surface area contributed by atoms with Crippen LogP contribution >= 0.6 is 22.9 Å². The van der Waals surface area contributed by atoms with Gasteiger partial charge in [-0.1, -0.05) is 23.7 Å². The second-order valence-electron chi connectivity index (χ2n) is 7.39. The zero-order valence-corrected chi connectivity index (χ0v) is 18.6. The van der Waals surface area contributed by atoms with Crippen molar-refractivity contribution in [2.45, 2.75) is 39.0 Å². The van der Waals surface area contributed by atoms with Crippen molar-refractivity contribution in [2.75, 3.05) is 0 Å². The van der Waals surface area contributed by atoms with Gasteiger partial charge in [-0.2, -0.15) is 0 Å². The Morgan fingerprint density at radius 1 is 1.10 bits per heavy atom. The number of amides is 2. The summed E-state index contributed by atoms with van der Waals surface area (Å²) < 4.78 is 5.71. The van der Waals surface area contributed by atoms with E-state index in [1.54, 1.807) is 36.4 Å². The van der Waals surface area contributed by atoms with E-state index in [-0.39, 0.29) is 18.4 Å². The maximum absolute atomic E-state index is 12.6. The van der Waals surface area contributed by atoms with Crippen molar-refractivity contribution in [3.8, 4) is 5.75 Å². The van der Waals surface area contributed by atoms with Crippen LogP contribution in [0.15, 0.2) is 48.5 Å². The Morgan fingerprint density at radius 3 is 2.48 bits per heavy atom. The van der Waals surface area contributed by atoms with E-state index in [0.29, 0.717) is 39.5 Å². The third-order valence-electron chi connectivity index (χ3n) is 4.80. The fraction of sp³-hybridized carbons (Fsp3) is 0.261. The maximum atomic E-state index is 12.6. The molecule has 31 heavy (non-hydrogen) atoms. The third-order valence-corrected chi connectivity index (χ3v) is 6.19. The molecule has 1 fully saturated rings. The number of thiazole rings is 1. The number of benzene rings is 2. The molecule has 0 radical (unpaired) electrons. The molecule has 2 N–H and O–H groups in total. The molecule has 8 heteroatoms. The van der Waals surface area contributed by atoms with Gasteiger partial charge in [0.1, 0.15) is 22.2 Å². The summed E-state index contributed by atoms with van der Waals surface area (Å²) >= 11 is 7.19. The van der Waals surface area contributed by atoms with Gasteiger partial charge in [0.2, 0.25) is 0 Å². The number of nitrogens with one attached hydrogen (secondary N) is 2. The van der Waals surface area contributed by atoms with Gasteiger partial charge in [-0.05, 0) is 61.7 Å². The van der Waals surface area contributed by atoms with Crippen LogP contribution in [-0.4, -0.2) is 22.8 Å². The molecule has 3 aromatic rings. The van der Waals surface area contributed by atoms with Crippen molar-refractivity contribution in [1.82, 2.24) is 15.6 Å². The van der Waals surface area contributed by atoms with E-state index in [0.717, 1.165) is 23.4 Å². The van der Waals surface area contributed by atoms with Crippen LogP contribution in [0.3, 0.4) is 0 Å². The second-order valence-corrected chi connectivity index (χ2v) is 8.91. The van der Waals surface area contributed by atoms with Crippen LogP contribution < -0.4 is 15.4 Å². The number of halogens is 1. The lowest BCUT2D eigenvalue weighted by Crippen LogP contribution is -2.25. The monoisotopic (exact) mass is 455 g/mol. The number of hydrogen-bond acceptors (Lipinski definition) is 5. The van der Waals surface area contributed by atoms with Crippen molar-refractivity contribution >= 4 is 34.8 Å². The predicted octanol–water partition coefficient (Wildman–Crippen LogP) is 4.51. The number of hydrogen-bond donors (Lipinski definition) is 2. The zero-order valence-electron chi connectivity index (χ0n) is 17.0. The molecule has 1 heterocycles. The number of ether oxygens (including phenoxy) is 1. The van der Waals surface area contributed by atoms with E-state index in [1.165, 1.54) is 11.3 Å². The standard InChI is InChI=1S/C23H22ClN3O3S/c1-14-21(31-20(26-14)13-30-19-10-6-17(24)7-11-19)23(29)25-12-15-2-4-16(5-3-15)22(28)27-18-8-9-18/h2-7,10-11,18H,8-9,12-13H2,1H3,(H,25,29)(H,27,28). The van der Waals surface area contributed by atoms with Gasteiger partial charge in [0.05, 0.1) is 5.69 Å².